The first kappa shape index (κ1) is 38.2. The topological polar surface area (TPSA) is 0 Å². The van der Waals surface area contributed by atoms with E-state index >= 15 is 0 Å². The maximum Gasteiger partial charge on any atom is 0.460 e. The van der Waals surface area contributed by atoms with Crippen molar-refractivity contribution in [2.45, 2.75) is 84.4 Å². The Balaban J connectivity index is 6.67. The maximum atomic E-state index is 13.5. The van der Waals surface area contributed by atoms with Gasteiger partial charge in [0.05, 0.1) is 0 Å². The van der Waals surface area contributed by atoms with E-state index in [-0.39, 0.29) is 0 Å². The van der Waals surface area contributed by atoms with Crippen LogP contribution in [0, 0.1) is 0 Å². The van der Waals surface area contributed by atoms with Gasteiger partial charge in [-0.25, -0.2) is 0 Å². The molecule has 0 amide bonds. The van der Waals surface area contributed by atoms with E-state index in [9.17, 15) is 114 Å². The predicted octanol–water partition coefficient (Wildman–Crippen LogP) is 9.24. The minimum absolute atomic E-state index is 4.24. The summed E-state index contributed by atoms with van der Waals surface area (Å²) >= 11 is 0. The molecule has 0 nitrogen and oxygen atoms in total. The molecule has 0 heterocycles. The van der Waals surface area contributed by atoms with Crippen molar-refractivity contribution in [1.82, 2.24) is 0 Å². The summed E-state index contributed by atoms with van der Waals surface area (Å²) in [5, 5.41) is 0. The van der Waals surface area contributed by atoms with Gasteiger partial charge in [-0.2, -0.15) is 114 Å². The molecule has 0 atom stereocenters. The predicted molar refractivity (Wildman–Crippen MR) is 70.8 cm³/mol. The van der Waals surface area contributed by atoms with Gasteiger partial charge in [-0.15, -0.1) is 0 Å². The molecule has 0 aliphatic heterocycles. The molecule has 0 aliphatic rings. The molecule has 0 bridgehead atoms. The van der Waals surface area contributed by atoms with Gasteiger partial charge in [-0.3, -0.25) is 0 Å². The molecule has 0 aromatic carbocycles. The molecular formula is C14H4F26. The number of hydrogen-bond donors (Lipinski definition) is 0. The summed E-state index contributed by atoms with van der Waals surface area (Å²) in [6.45, 7) is 0. The van der Waals surface area contributed by atoms with Crippen LogP contribution in [0.3, 0.4) is 0 Å². The number of halogens is 26. The van der Waals surface area contributed by atoms with Crippen LogP contribution in [0.5, 0.6) is 0 Å². The molecule has 26 heteroatoms. The summed E-state index contributed by atoms with van der Waals surface area (Å²) in [4.78, 5) is 0. The zero-order valence-electron chi connectivity index (χ0n) is 17.2. The van der Waals surface area contributed by atoms with Crippen LogP contribution in [0.15, 0.2) is 0 Å². The molecule has 0 unspecified atom stereocenters. The van der Waals surface area contributed by atoms with Crippen LogP contribution in [0.4, 0.5) is 114 Å². The summed E-state index contributed by atoms with van der Waals surface area (Å²) in [6.07, 6.45) is -24.3. The van der Waals surface area contributed by atoms with E-state index in [1.165, 1.54) is 0 Å². The van der Waals surface area contributed by atoms with E-state index in [1.807, 2.05) is 0 Å². The minimum Gasteiger partial charge on any atom is -0.200 e. The first-order valence-corrected chi connectivity index (χ1v) is 8.62. The van der Waals surface area contributed by atoms with E-state index < -0.39 is 84.4 Å². The third-order valence-electron chi connectivity index (χ3n) is 4.75. The number of rotatable bonds is 11. The fraction of sp³-hybridized carbons (Fsp3) is 1.00. The fourth-order valence-corrected chi connectivity index (χ4v) is 2.23. The summed E-state index contributed by atoms with van der Waals surface area (Å²) < 4.78 is 335. The Hall–Kier alpha value is -1.82. The number of alkyl halides is 26. The van der Waals surface area contributed by atoms with Crippen LogP contribution in [0.25, 0.3) is 0 Å². The van der Waals surface area contributed by atoms with Gasteiger partial charge in [0, 0.05) is 12.8 Å². The first-order chi connectivity index (χ1) is 16.7. The highest BCUT2D eigenvalue weighted by molar-refractivity contribution is 5.15. The molecule has 0 saturated carbocycles. The van der Waals surface area contributed by atoms with Crippen LogP contribution in [0.2, 0.25) is 0 Å². The second-order valence-electron chi connectivity index (χ2n) is 7.50. The highest BCUT2D eigenvalue weighted by Gasteiger charge is 2.95. The third-order valence-corrected chi connectivity index (χ3v) is 4.75. The van der Waals surface area contributed by atoms with Gasteiger partial charge in [0.2, 0.25) is 0 Å². The van der Waals surface area contributed by atoms with Gasteiger partial charge in [0.25, 0.3) is 0 Å². The van der Waals surface area contributed by atoms with E-state index in [0.717, 1.165) is 0 Å². The van der Waals surface area contributed by atoms with Crippen molar-refractivity contribution in [2.24, 2.45) is 0 Å². The summed E-state index contributed by atoms with van der Waals surface area (Å²) in [7, 11) is 0. The minimum atomic E-state index is -9.15. The highest BCUT2D eigenvalue weighted by atomic mass is 19.4. The molecule has 0 aromatic heterocycles. The maximum absolute atomic E-state index is 13.5. The average molecular weight is 666 g/mol. The molecule has 40 heavy (non-hydrogen) atoms. The van der Waals surface area contributed by atoms with Crippen molar-refractivity contribution in [3.05, 3.63) is 0 Å². The molecule has 0 spiro atoms. The molecule has 0 radical (unpaired) electrons. The Morgan fingerprint density at radius 2 is 0.350 bits per heavy atom. The Kier molecular flexibility index (Phi) is 8.92. The molecule has 0 fully saturated rings. The van der Waals surface area contributed by atoms with Crippen LogP contribution >= 0.6 is 0 Å². The first-order valence-electron chi connectivity index (χ1n) is 8.62. The lowest BCUT2D eigenvalue weighted by molar-refractivity contribution is -0.462. The molecule has 0 aromatic rings. The fourth-order valence-electron chi connectivity index (χ4n) is 2.23. The molecule has 0 rings (SSSR count). The normalized spacial score (nSPS) is 16.9. The smallest absolute Gasteiger partial charge is 0.200 e. The molecule has 242 valence electrons. The van der Waals surface area contributed by atoms with E-state index in [4.69, 9.17) is 0 Å². The summed E-state index contributed by atoms with van der Waals surface area (Å²) in [5.74, 6) is -84.2. The molecule has 0 aliphatic carbocycles. The number of hydrogen-bond acceptors (Lipinski definition) is 0. The van der Waals surface area contributed by atoms with Crippen molar-refractivity contribution in [3.8, 4) is 0 Å². The SMILES string of the molecule is FC(F)(F)C(F)(F)C(F)(F)C(F)(F)CCC(F)(F)C(F)(F)C(F)(F)C(F)(F)C(F)(F)C(F)(F)C(F)(F)C(F)(F)F. The summed E-state index contributed by atoms with van der Waals surface area (Å²) in [6, 6.07) is 0. The van der Waals surface area contributed by atoms with Crippen LogP contribution < -0.4 is 0 Å². The Bertz CT molecular complexity index is 897. The van der Waals surface area contributed by atoms with Crippen LogP contribution in [0.1, 0.15) is 12.8 Å². The zero-order valence-corrected chi connectivity index (χ0v) is 17.2. The molecule has 0 N–H and O–H groups in total. The van der Waals surface area contributed by atoms with Gasteiger partial charge in [-0.1, -0.05) is 0 Å². The zero-order chi connectivity index (χ0) is 33.4. The van der Waals surface area contributed by atoms with Gasteiger partial charge >= 0.3 is 71.6 Å². The standard InChI is InChI=1S/C14H4F26/c15-3(16,1-2-4(17,18)6(21,22)11(31,32)13(35,36)37)5(19,20)7(23,24)8(25,26)9(27,28)10(29,30)12(33,34)14(38,39)40/h1-2H2. The lowest BCUT2D eigenvalue weighted by Gasteiger charge is -2.43. The molecule has 0 saturated heterocycles. The lowest BCUT2D eigenvalue weighted by Crippen LogP contribution is -2.74. The van der Waals surface area contributed by atoms with E-state index in [1.54, 1.807) is 0 Å². The lowest BCUT2D eigenvalue weighted by atomic mass is 9.87. The van der Waals surface area contributed by atoms with Crippen molar-refractivity contribution in [2.75, 3.05) is 0 Å². The van der Waals surface area contributed by atoms with Crippen molar-refractivity contribution < 1.29 is 114 Å². The third kappa shape index (κ3) is 4.94. The monoisotopic (exact) mass is 666 g/mol. The highest BCUT2D eigenvalue weighted by Crippen LogP contribution is 2.65. The average Bonchev–Trinajstić information content (AvgIpc) is 2.69. The Labute approximate surface area is 200 Å². The van der Waals surface area contributed by atoms with E-state index in [2.05, 4.69) is 0 Å². The largest absolute Gasteiger partial charge is 0.460 e. The second kappa shape index (κ2) is 9.34. The van der Waals surface area contributed by atoms with Gasteiger partial charge in [0.1, 0.15) is 0 Å². The Morgan fingerprint density at radius 1 is 0.200 bits per heavy atom. The van der Waals surface area contributed by atoms with Gasteiger partial charge in [0.15, 0.2) is 0 Å². The Morgan fingerprint density at radius 3 is 0.575 bits per heavy atom. The quantitative estimate of drug-likeness (QED) is 0.193. The van der Waals surface area contributed by atoms with E-state index in [0.29, 0.717) is 0 Å². The van der Waals surface area contributed by atoms with Crippen LogP contribution in [-0.2, 0) is 0 Å². The van der Waals surface area contributed by atoms with Crippen molar-refractivity contribution >= 4 is 0 Å². The van der Waals surface area contributed by atoms with Crippen LogP contribution in [-0.4, -0.2) is 71.6 Å². The van der Waals surface area contributed by atoms with Gasteiger partial charge in [-0.05, 0) is 0 Å². The van der Waals surface area contributed by atoms with Crippen molar-refractivity contribution in [3.63, 3.8) is 0 Å². The van der Waals surface area contributed by atoms with Crippen molar-refractivity contribution in [1.29, 1.82) is 0 Å². The summed E-state index contributed by atoms with van der Waals surface area (Å²) in [5.41, 5.74) is 0. The molecular weight excluding hydrogens is 662 g/mol. The van der Waals surface area contributed by atoms with Gasteiger partial charge < -0.3 is 0 Å². The second-order valence-corrected chi connectivity index (χ2v) is 7.50.